The Hall–Kier alpha value is -2.23. The van der Waals surface area contributed by atoms with Crippen LogP contribution in [0.25, 0.3) is 11.3 Å². The standard InChI is InChI=1S/C32H50N2O2/c1-3-5-7-9-10-11-12-13-14-15-17-18-20-29-26-34-31(27-33-29)28-22-24-30(25-23-28)36-32(35)21-19-16-8-6-4-2/h22-27H,3-21H2,1-2H3. The van der Waals surface area contributed by atoms with Gasteiger partial charge in [0, 0.05) is 18.2 Å². The lowest BCUT2D eigenvalue weighted by atomic mass is 10.0. The van der Waals surface area contributed by atoms with Gasteiger partial charge in [-0.3, -0.25) is 14.8 Å². The highest BCUT2D eigenvalue weighted by Gasteiger charge is 2.06. The molecule has 0 aliphatic carbocycles. The van der Waals surface area contributed by atoms with Crippen molar-refractivity contribution in [3.63, 3.8) is 0 Å². The van der Waals surface area contributed by atoms with Crippen LogP contribution in [0.1, 0.15) is 135 Å². The van der Waals surface area contributed by atoms with E-state index >= 15 is 0 Å². The van der Waals surface area contributed by atoms with Gasteiger partial charge in [-0.25, -0.2) is 0 Å². The van der Waals surface area contributed by atoms with E-state index in [9.17, 15) is 4.79 Å². The molecule has 0 aliphatic rings. The van der Waals surface area contributed by atoms with E-state index in [1.165, 1.54) is 96.3 Å². The van der Waals surface area contributed by atoms with Crippen LogP contribution in [-0.4, -0.2) is 15.9 Å². The van der Waals surface area contributed by atoms with Crippen LogP contribution in [-0.2, 0) is 11.2 Å². The third-order valence-corrected chi connectivity index (χ3v) is 6.86. The topological polar surface area (TPSA) is 52.1 Å². The number of aromatic nitrogens is 2. The van der Waals surface area contributed by atoms with E-state index in [0.717, 1.165) is 36.2 Å². The minimum absolute atomic E-state index is 0.152. The van der Waals surface area contributed by atoms with Crippen molar-refractivity contribution < 1.29 is 9.53 Å². The number of rotatable bonds is 21. The number of unbranched alkanes of at least 4 members (excludes halogenated alkanes) is 15. The molecule has 200 valence electrons. The number of nitrogens with zero attached hydrogens (tertiary/aromatic N) is 2. The zero-order valence-corrected chi connectivity index (χ0v) is 23.1. The van der Waals surface area contributed by atoms with Gasteiger partial charge < -0.3 is 4.74 Å². The van der Waals surface area contributed by atoms with Crippen molar-refractivity contribution >= 4 is 5.97 Å². The Kier molecular flexibility index (Phi) is 16.6. The smallest absolute Gasteiger partial charge is 0.311 e. The minimum Gasteiger partial charge on any atom is -0.427 e. The second-order valence-corrected chi connectivity index (χ2v) is 10.2. The average molecular weight is 495 g/mol. The van der Waals surface area contributed by atoms with E-state index in [1.807, 2.05) is 36.7 Å². The number of ether oxygens (including phenoxy) is 1. The van der Waals surface area contributed by atoms with Gasteiger partial charge in [0.2, 0.25) is 0 Å². The second kappa shape index (κ2) is 19.9. The number of carbonyl (C=O) groups is 1. The summed E-state index contributed by atoms with van der Waals surface area (Å²) in [5.41, 5.74) is 2.90. The summed E-state index contributed by atoms with van der Waals surface area (Å²) < 4.78 is 5.47. The highest BCUT2D eigenvalue weighted by Crippen LogP contribution is 2.21. The van der Waals surface area contributed by atoms with Gasteiger partial charge in [0.15, 0.2) is 0 Å². The molecular formula is C32H50N2O2. The third-order valence-electron chi connectivity index (χ3n) is 6.86. The van der Waals surface area contributed by atoms with Gasteiger partial charge >= 0.3 is 5.97 Å². The molecule has 2 aromatic rings. The minimum atomic E-state index is -0.152. The van der Waals surface area contributed by atoms with Gasteiger partial charge in [-0.1, -0.05) is 110 Å². The molecule has 4 heteroatoms. The van der Waals surface area contributed by atoms with Crippen LogP contribution in [0.4, 0.5) is 0 Å². The normalized spacial score (nSPS) is 11.1. The molecule has 4 nitrogen and oxygen atoms in total. The van der Waals surface area contributed by atoms with Crippen molar-refractivity contribution in [1.82, 2.24) is 9.97 Å². The molecule has 0 bridgehead atoms. The largest absolute Gasteiger partial charge is 0.427 e. The molecule has 2 rings (SSSR count). The van der Waals surface area contributed by atoms with Crippen LogP contribution in [0.5, 0.6) is 5.75 Å². The Balaban J connectivity index is 1.58. The third kappa shape index (κ3) is 13.8. The average Bonchev–Trinajstić information content (AvgIpc) is 2.90. The number of carbonyl (C=O) groups excluding carboxylic acids is 1. The molecule has 0 N–H and O–H groups in total. The molecule has 0 aliphatic heterocycles. The van der Waals surface area contributed by atoms with E-state index in [-0.39, 0.29) is 5.97 Å². The summed E-state index contributed by atoms with van der Waals surface area (Å²) in [6.45, 7) is 4.47. The monoisotopic (exact) mass is 494 g/mol. The summed E-state index contributed by atoms with van der Waals surface area (Å²) in [7, 11) is 0. The molecule has 0 spiro atoms. The van der Waals surface area contributed by atoms with Crippen molar-refractivity contribution in [3.05, 3.63) is 42.4 Å². The Morgan fingerprint density at radius 2 is 1.17 bits per heavy atom. The number of esters is 1. The lowest BCUT2D eigenvalue weighted by Crippen LogP contribution is -2.07. The first-order valence-corrected chi connectivity index (χ1v) is 14.8. The molecule has 0 saturated carbocycles. The van der Waals surface area contributed by atoms with E-state index < -0.39 is 0 Å². The van der Waals surface area contributed by atoms with Gasteiger partial charge in [-0.2, -0.15) is 0 Å². The molecule has 0 atom stereocenters. The fourth-order valence-corrected chi connectivity index (χ4v) is 4.53. The maximum atomic E-state index is 12.0. The van der Waals surface area contributed by atoms with Gasteiger partial charge in [-0.05, 0) is 43.5 Å². The van der Waals surface area contributed by atoms with Crippen LogP contribution in [0.3, 0.4) is 0 Å². The van der Waals surface area contributed by atoms with Gasteiger partial charge in [0.05, 0.1) is 17.6 Å². The van der Waals surface area contributed by atoms with E-state index in [4.69, 9.17) is 4.74 Å². The second-order valence-electron chi connectivity index (χ2n) is 10.2. The van der Waals surface area contributed by atoms with Crippen LogP contribution in [0, 0.1) is 0 Å². The first-order valence-electron chi connectivity index (χ1n) is 14.8. The fraction of sp³-hybridized carbons (Fsp3) is 0.656. The highest BCUT2D eigenvalue weighted by atomic mass is 16.5. The summed E-state index contributed by atoms with van der Waals surface area (Å²) in [4.78, 5) is 21.3. The lowest BCUT2D eigenvalue weighted by Gasteiger charge is -2.06. The summed E-state index contributed by atoms with van der Waals surface area (Å²) in [5.74, 6) is 0.440. The van der Waals surface area contributed by atoms with E-state index in [1.54, 1.807) is 0 Å². The maximum Gasteiger partial charge on any atom is 0.311 e. The van der Waals surface area contributed by atoms with Gasteiger partial charge in [-0.15, -0.1) is 0 Å². The van der Waals surface area contributed by atoms with Crippen molar-refractivity contribution in [1.29, 1.82) is 0 Å². The first kappa shape index (κ1) is 30.0. The zero-order chi connectivity index (χ0) is 25.7. The quantitative estimate of drug-likeness (QED) is 0.0984. The van der Waals surface area contributed by atoms with Crippen molar-refractivity contribution in [2.45, 2.75) is 136 Å². The number of benzene rings is 1. The molecule has 1 heterocycles. The van der Waals surface area contributed by atoms with Gasteiger partial charge in [0.1, 0.15) is 5.75 Å². The molecule has 1 aromatic carbocycles. The Morgan fingerprint density at radius 1 is 0.639 bits per heavy atom. The van der Waals surface area contributed by atoms with Crippen LogP contribution in [0.15, 0.2) is 36.7 Å². The van der Waals surface area contributed by atoms with Crippen molar-refractivity contribution in [3.8, 4) is 17.0 Å². The van der Waals surface area contributed by atoms with Crippen molar-refractivity contribution in [2.75, 3.05) is 0 Å². The molecule has 36 heavy (non-hydrogen) atoms. The van der Waals surface area contributed by atoms with E-state index in [2.05, 4.69) is 23.8 Å². The molecular weight excluding hydrogens is 444 g/mol. The van der Waals surface area contributed by atoms with Crippen LogP contribution < -0.4 is 4.74 Å². The maximum absolute atomic E-state index is 12.0. The summed E-state index contributed by atoms with van der Waals surface area (Å²) in [5, 5.41) is 0. The van der Waals surface area contributed by atoms with E-state index in [0.29, 0.717) is 12.2 Å². The highest BCUT2D eigenvalue weighted by molar-refractivity contribution is 5.72. The lowest BCUT2D eigenvalue weighted by molar-refractivity contribution is -0.134. The fourth-order valence-electron chi connectivity index (χ4n) is 4.53. The molecule has 0 fully saturated rings. The Bertz CT molecular complexity index is 802. The van der Waals surface area contributed by atoms with Crippen LogP contribution in [0.2, 0.25) is 0 Å². The zero-order valence-electron chi connectivity index (χ0n) is 23.1. The summed E-state index contributed by atoms with van der Waals surface area (Å²) in [6, 6.07) is 7.57. The van der Waals surface area contributed by atoms with Gasteiger partial charge in [0.25, 0.3) is 0 Å². The molecule has 0 amide bonds. The first-order chi connectivity index (χ1) is 17.7. The predicted octanol–water partition coefficient (Wildman–Crippen LogP) is 9.65. The SMILES string of the molecule is CCCCCCCCCCCCCCc1cnc(-c2ccc(OC(=O)CCCCCCC)cc2)cn1. The molecule has 0 unspecified atom stereocenters. The Labute approximate surface area is 220 Å². The summed E-state index contributed by atoms with van der Waals surface area (Å²) >= 11 is 0. The van der Waals surface area contributed by atoms with Crippen molar-refractivity contribution in [2.24, 2.45) is 0 Å². The number of aryl methyl sites for hydroxylation is 1. The molecule has 0 saturated heterocycles. The van der Waals surface area contributed by atoms with Crippen LogP contribution >= 0.6 is 0 Å². The summed E-state index contributed by atoms with van der Waals surface area (Å²) in [6.07, 6.45) is 27.2. The molecule has 1 aromatic heterocycles. The number of hydrogen-bond donors (Lipinski definition) is 0. The number of hydrogen-bond acceptors (Lipinski definition) is 4. The molecule has 0 radical (unpaired) electrons. The Morgan fingerprint density at radius 3 is 1.69 bits per heavy atom. The predicted molar refractivity (Wildman–Crippen MR) is 151 cm³/mol.